The van der Waals surface area contributed by atoms with E-state index in [1.165, 1.54) is 18.1 Å². The highest BCUT2D eigenvalue weighted by Gasteiger charge is 2.13. The van der Waals surface area contributed by atoms with Gasteiger partial charge in [-0.25, -0.2) is 0 Å². The molecule has 104 valence electrons. The fraction of sp³-hybridized carbons (Fsp3) is 0.385. The summed E-state index contributed by atoms with van der Waals surface area (Å²) in [5.41, 5.74) is 0. The molecule has 0 aliphatic heterocycles. The first-order valence-corrected chi connectivity index (χ1v) is 6.58. The summed E-state index contributed by atoms with van der Waals surface area (Å²) >= 11 is 1.57. The van der Waals surface area contributed by atoms with E-state index in [2.05, 4.69) is 0 Å². The van der Waals surface area contributed by atoms with Crippen LogP contribution in [0.5, 0.6) is 0 Å². The van der Waals surface area contributed by atoms with Crippen molar-refractivity contribution >= 4 is 29.3 Å². The Kier molecular flexibility index (Phi) is 6.24. The van der Waals surface area contributed by atoms with Crippen molar-refractivity contribution < 1.29 is 19.4 Å². The molecule has 0 saturated carbocycles. The summed E-state index contributed by atoms with van der Waals surface area (Å²) in [5, 5.41) is 8.76. The number of nitrogens with zero attached hydrogens (tertiary/aromatic N) is 1. The van der Waals surface area contributed by atoms with E-state index in [-0.39, 0.29) is 19.0 Å². The average Bonchev–Trinajstić information content (AvgIpc) is 2.77. The van der Waals surface area contributed by atoms with Gasteiger partial charge in [-0.15, -0.1) is 11.3 Å². The lowest BCUT2D eigenvalue weighted by Gasteiger charge is -2.18. The number of aryl methyl sites for hydroxylation is 1. The zero-order valence-corrected chi connectivity index (χ0v) is 11.8. The quantitative estimate of drug-likeness (QED) is 0.772. The average molecular weight is 283 g/mol. The molecule has 1 N–H and O–H groups in total. The smallest absolute Gasteiger partial charge is 0.323 e. The van der Waals surface area contributed by atoms with E-state index in [0.29, 0.717) is 6.61 Å². The second-order valence-electron chi connectivity index (χ2n) is 3.93. The summed E-state index contributed by atoms with van der Waals surface area (Å²) in [6.07, 6.45) is 3.09. The number of carbonyl (C=O) groups excluding carboxylic acids is 1. The predicted octanol–water partition coefficient (Wildman–Crippen LogP) is 1.63. The maximum Gasteiger partial charge on any atom is 0.323 e. The highest BCUT2D eigenvalue weighted by Crippen LogP contribution is 2.16. The summed E-state index contributed by atoms with van der Waals surface area (Å²) in [5.74, 6) is -1.37. The molecule has 1 amide bonds. The Morgan fingerprint density at radius 1 is 1.47 bits per heavy atom. The number of rotatable bonds is 7. The van der Waals surface area contributed by atoms with Gasteiger partial charge in [0.25, 0.3) is 0 Å². The largest absolute Gasteiger partial charge is 0.480 e. The molecule has 19 heavy (non-hydrogen) atoms. The molecule has 0 unspecified atom stereocenters. The van der Waals surface area contributed by atoms with Crippen molar-refractivity contribution in [3.05, 3.63) is 28.0 Å². The van der Waals surface area contributed by atoms with Crippen molar-refractivity contribution in [1.29, 1.82) is 0 Å². The molecule has 1 rings (SSSR count). The van der Waals surface area contributed by atoms with Crippen LogP contribution in [0.3, 0.4) is 0 Å². The normalized spacial score (nSPS) is 10.8. The first kappa shape index (κ1) is 15.4. The van der Waals surface area contributed by atoms with Gasteiger partial charge in [0.2, 0.25) is 5.91 Å². The minimum Gasteiger partial charge on any atom is -0.480 e. The first-order chi connectivity index (χ1) is 9.02. The lowest BCUT2D eigenvalue weighted by molar-refractivity contribution is -0.143. The molecule has 0 aliphatic carbocycles. The zero-order chi connectivity index (χ0) is 14.3. The Balaban J connectivity index is 2.64. The summed E-state index contributed by atoms with van der Waals surface area (Å²) < 4.78 is 4.86. The standard InChI is InChI=1S/C13H17NO4S/c1-10-3-4-11(19-10)5-6-12(15)14(7-8-18-2)9-13(16)17/h3-6H,7-9H2,1-2H3,(H,16,17)/b6-5-. The second kappa shape index (κ2) is 7.70. The van der Waals surface area contributed by atoms with E-state index >= 15 is 0 Å². The van der Waals surface area contributed by atoms with E-state index in [1.54, 1.807) is 17.4 Å². The SMILES string of the molecule is COCCN(CC(=O)O)C(=O)/C=C\c1ccc(C)s1. The van der Waals surface area contributed by atoms with Crippen molar-refractivity contribution in [3.8, 4) is 0 Å². The summed E-state index contributed by atoms with van der Waals surface area (Å²) in [4.78, 5) is 26.0. The lowest BCUT2D eigenvalue weighted by atomic mass is 10.3. The number of hydrogen-bond donors (Lipinski definition) is 1. The fourth-order valence-electron chi connectivity index (χ4n) is 1.43. The molecule has 1 aromatic heterocycles. The van der Waals surface area contributed by atoms with E-state index < -0.39 is 5.97 Å². The van der Waals surface area contributed by atoms with Gasteiger partial charge >= 0.3 is 5.97 Å². The van der Waals surface area contributed by atoms with Crippen LogP contribution in [0, 0.1) is 6.92 Å². The summed E-state index contributed by atoms with van der Waals surface area (Å²) in [6.45, 7) is 2.23. The van der Waals surface area contributed by atoms with E-state index in [9.17, 15) is 9.59 Å². The van der Waals surface area contributed by atoms with Crippen LogP contribution in [0.25, 0.3) is 6.08 Å². The maximum atomic E-state index is 11.9. The molecule has 5 nitrogen and oxygen atoms in total. The Labute approximate surface area is 116 Å². The number of carboxylic acids is 1. The molecule has 0 spiro atoms. The van der Waals surface area contributed by atoms with Gasteiger partial charge in [0, 0.05) is 29.5 Å². The molecule has 0 aliphatic rings. The van der Waals surface area contributed by atoms with Crippen LogP contribution in [-0.2, 0) is 14.3 Å². The van der Waals surface area contributed by atoms with Gasteiger partial charge in [0.15, 0.2) is 0 Å². The molecule has 1 aromatic rings. The molecule has 1 heterocycles. The highest BCUT2D eigenvalue weighted by molar-refractivity contribution is 7.12. The monoisotopic (exact) mass is 283 g/mol. The van der Waals surface area contributed by atoms with Gasteiger partial charge in [0.1, 0.15) is 6.54 Å². The number of methoxy groups -OCH3 is 1. The van der Waals surface area contributed by atoms with E-state index in [4.69, 9.17) is 9.84 Å². The zero-order valence-electron chi connectivity index (χ0n) is 11.0. The number of thiophene rings is 1. The minimum atomic E-state index is -1.04. The molecule has 0 aromatic carbocycles. The van der Waals surface area contributed by atoms with E-state index in [0.717, 1.165) is 9.75 Å². The van der Waals surface area contributed by atoms with Crippen LogP contribution < -0.4 is 0 Å². The predicted molar refractivity (Wildman–Crippen MR) is 74.2 cm³/mol. The van der Waals surface area contributed by atoms with Crippen LogP contribution >= 0.6 is 11.3 Å². The number of carbonyl (C=O) groups is 2. The first-order valence-electron chi connectivity index (χ1n) is 5.77. The molecular weight excluding hydrogens is 266 g/mol. The number of hydrogen-bond acceptors (Lipinski definition) is 4. The third-order valence-electron chi connectivity index (χ3n) is 2.35. The van der Waals surface area contributed by atoms with Crippen molar-refractivity contribution in [3.63, 3.8) is 0 Å². The third-order valence-corrected chi connectivity index (χ3v) is 3.32. The van der Waals surface area contributed by atoms with Crippen molar-refractivity contribution in [1.82, 2.24) is 4.90 Å². The summed E-state index contributed by atoms with van der Waals surface area (Å²) in [7, 11) is 1.51. The Morgan fingerprint density at radius 3 is 2.74 bits per heavy atom. The molecule has 0 radical (unpaired) electrons. The van der Waals surface area contributed by atoms with Crippen molar-refractivity contribution in [2.75, 3.05) is 26.8 Å². The van der Waals surface area contributed by atoms with Crippen LogP contribution in [0.1, 0.15) is 9.75 Å². The Morgan fingerprint density at radius 2 is 2.21 bits per heavy atom. The third kappa shape index (κ3) is 5.67. The number of aliphatic carboxylic acids is 1. The maximum absolute atomic E-state index is 11.9. The molecule has 6 heteroatoms. The van der Waals surface area contributed by atoms with Crippen LogP contribution in [-0.4, -0.2) is 48.7 Å². The van der Waals surface area contributed by atoms with E-state index in [1.807, 2.05) is 19.1 Å². The molecular formula is C13H17NO4S. The Bertz CT molecular complexity index is 467. The Hall–Kier alpha value is -1.66. The lowest BCUT2D eigenvalue weighted by Crippen LogP contribution is -2.36. The van der Waals surface area contributed by atoms with Gasteiger partial charge in [-0.2, -0.15) is 0 Å². The van der Waals surface area contributed by atoms with Crippen molar-refractivity contribution in [2.24, 2.45) is 0 Å². The second-order valence-corrected chi connectivity index (χ2v) is 5.25. The number of carboxylic acid groups (broad SMARTS) is 1. The molecule has 0 fully saturated rings. The fourth-order valence-corrected chi connectivity index (χ4v) is 2.21. The molecule has 0 atom stereocenters. The number of amides is 1. The van der Waals surface area contributed by atoms with Gasteiger partial charge in [0.05, 0.1) is 6.61 Å². The highest BCUT2D eigenvalue weighted by atomic mass is 32.1. The topological polar surface area (TPSA) is 66.8 Å². The van der Waals surface area contributed by atoms with Gasteiger partial charge in [-0.1, -0.05) is 0 Å². The van der Waals surface area contributed by atoms with Gasteiger partial charge in [-0.05, 0) is 25.1 Å². The van der Waals surface area contributed by atoms with Crippen molar-refractivity contribution in [2.45, 2.75) is 6.92 Å². The minimum absolute atomic E-state index is 0.259. The van der Waals surface area contributed by atoms with Crippen LogP contribution in [0.2, 0.25) is 0 Å². The number of ether oxygens (including phenoxy) is 1. The van der Waals surface area contributed by atoms with Gasteiger partial charge < -0.3 is 14.7 Å². The summed E-state index contributed by atoms with van der Waals surface area (Å²) in [6, 6.07) is 3.88. The van der Waals surface area contributed by atoms with Gasteiger partial charge in [-0.3, -0.25) is 9.59 Å². The van der Waals surface area contributed by atoms with Crippen LogP contribution in [0.15, 0.2) is 18.2 Å². The molecule has 0 bridgehead atoms. The molecule has 0 saturated heterocycles. The van der Waals surface area contributed by atoms with Crippen LogP contribution in [0.4, 0.5) is 0 Å².